The first-order chi connectivity index (χ1) is 7.90. The lowest BCUT2D eigenvalue weighted by molar-refractivity contribution is -0.384. The van der Waals surface area contributed by atoms with E-state index in [-0.39, 0.29) is 5.69 Å². The Balaban J connectivity index is 3.07. The molecular formula is C10H15N3O4. The molecule has 0 amide bonds. The zero-order valence-electron chi connectivity index (χ0n) is 9.54. The highest BCUT2D eigenvalue weighted by Crippen LogP contribution is 2.27. The van der Waals surface area contributed by atoms with Crippen molar-refractivity contribution in [2.75, 3.05) is 10.6 Å². The van der Waals surface area contributed by atoms with Gasteiger partial charge in [-0.3, -0.25) is 10.1 Å². The molecule has 0 radical (unpaired) electrons. The summed E-state index contributed by atoms with van der Waals surface area (Å²) in [6.07, 6.45) is -1.66. The Bertz CT molecular complexity index is 407. The molecular weight excluding hydrogens is 226 g/mol. The predicted octanol–water partition coefficient (Wildman–Crippen LogP) is 1.10. The first kappa shape index (κ1) is 13.2. The Morgan fingerprint density at radius 1 is 1.18 bits per heavy atom. The molecule has 2 atom stereocenters. The van der Waals surface area contributed by atoms with Gasteiger partial charge in [-0.15, -0.1) is 0 Å². The minimum atomic E-state index is -0.855. The van der Waals surface area contributed by atoms with Gasteiger partial charge in [-0.05, 0) is 19.9 Å². The fourth-order valence-corrected chi connectivity index (χ4v) is 1.34. The topological polar surface area (TPSA) is 108 Å². The molecule has 0 heterocycles. The van der Waals surface area contributed by atoms with Gasteiger partial charge < -0.3 is 20.8 Å². The highest BCUT2D eigenvalue weighted by atomic mass is 16.6. The Morgan fingerprint density at radius 3 is 2.18 bits per heavy atom. The van der Waals surface area contributed by atoms with E-state index >= 15 is 0 Å². The summed E-state index contributed by atoms with van der Waals surface area (Å²) < 4.78 is 0. The number of nitro groups is 1. The first-order valence-electron chi connectivity index (χ1n) is 5.08. The number of hydrogen-bond acceptors (Lipinski definition) is 6. The van der Waals surface area contributed by atoms with Crippen molar-refractivity contribution in [3.63, 3.8) is 0 Å². The van der Waals surface area contributed by atoms with Crippen LogP contribution in [-0.4, -0.2) is 27.6 Å². The maximum absolute atomic E-state index is 10.6. The minimum absolute atomic E-state index is 0.0932. The molecule has 0 spiro atoms. The van der Waals surface area contributed by atoms with Crippen molar-refractivity contribution in [1.82, 2.24) is 0 Å². The van der Waals surface area contributed by atoms with E-state index in [0.29, 0.717) is 11.4 Å². The van der Waals surface area contributed by atoms with Crippen LogP contribution in [0.3, 0.4) is 0 Å². The van der Waals surface area contributed by atoms with Crippen LogP contribution in [0.1, 0.15) is 13.8 Å². The van der Waals surface area contributed by atoms with Crippen molar-refractivity contribution < 1.29 is 15.1 Å². The molecule has 17 heavy (non-hydrogen) atoms. The van der Waals surface area contributed by atoms with Crippen molar-refractivity contribution in [2.24, 2.45) is 0 Å². The Morgan fingerprint density at radius 2 is 1.71 bits per heavy atom. The number of non-ortho nitro benzene ring substituents is 1. The third kappa shape index (κ3) is 3.89. The number of benzene rings is 1. The van der Waals surface area contributed by atoms with Gasteiger partial charge in [-0.2, -0.15) is 0 Å². The van der Waals surface area contributed by atoms with Gasteiger partial charge in [-0.1, -0.05) is 0 Å². The van der Waals surface area contributed by atoms with Crippen LogP contribution in [0.15, 0.2) is 18.2 Å². The molecule has 7 nitrogen and oxygen atoms in total. The van der Waals surface area contributed by atoms with Gasteiger partial charge in [0, 0.05) is 12.1 Å². The molecule has 0 aliphatic carbocycles. The summed E-state index contributed by atoms with van der Waals surface area (Å²) in [4.78, 5) is 10.1. The second-order valence-corrected chi connectivity index (χ2v) is 3.63. The summed E-state index contributed by atoms with van der Waals surface area (Å²) in [5.74, 6) is 0. The van der Waals surface area contributed by atoms with Crippen LogP contribution in [0.25, 0.3) is 0 Å². The van der Waals surface area contributed by atoms with Crippen LogP contribution < -0.4 is 10.6 Å². The van der Waals surface area contributed by atoms with Crippen LogP contribution in [0.4, 0.5) is 17.1 Å². The predicted molar refractivity (Wildman–Crippen MR) is 63.7 cm³/mol. The number of hydrogen-bond donors (Lipinski definition) is 4. The normalized spacial score (nSPS) is 13.9. The lowest BCUT2D eigenvalue weighted by Gasteiger charge is -2.16. The average molecular weight is 241 g/mol. The number of rotatable bonds is 5. The number of aliphatic hydroxyl groups excluding tert-OH is 2. The summed E-state index contributed by atoms with van der Waals surface area (Å²) in [6, 6.07) is 4.07. The highest BCUT2D eigenvalue weighted by Gasteiger charge is 2.12. The SMILES string of the molecule is CC(O)Nc1ccc([N+](=O)[O-])cc1NC(C)O. The quantitative estimate of drug-likeness (QED) is 0.349. The average Bonchev–Trinajstić information content (AvgIpc) is 2.18. The zero-order valence-corrected chi connectivity index (χ0v) is 9.54. The Kier molecular flexibility index (Phi) is 4.24. The number of anilines is 2. The second kappa shape index (κ2) is 5.46. The monoisotopic (exact) mass is 241 g/mol. The number of nitrogens with one attached hydrogen (secondary N) is 2. The lowest BCUT2D eigenvalue weighted by atomic mass is 10.2. The van der Waals surface area contributed by atoms with Crippen molar-refractivity contribution in [2.45, 2.75) is 26.3 Å². The summed E-state index contributed by atoms with van der Waals surface area (Å²) in [6.45, 7) is 3.01. The minimum Gasteiger partial charge on any atom is -0.374 e. The first-order valence-corrected chi connectivity index (χ1v) is 5.08. The van der Waals surface area contributed by atoms with Crippen molar-refractivity contribution >= 4 is 17.1 Å². The fourth-order valence-electron chi connectivity index (χ4n) is 1.34. The van der Waals surface area contributed by atoms with Crippen LogP contribution in [0.2, 0.25) is 0 Å². The van der Waals surface area contributed by atoms with Crippen molar-refractivity contribution in [3.8, 4) is 0 Å². The molecule has 0 bridgehead atoms. The molecule has 1 rings (SSSR count). The van der Waals surface area contributed by atoms with Gasteiger partial charge in [0.2, 0.25) is 0 Å². The largest absolute Gasteiger partial charge is 0.374 e. The van der Waals surface area contributed by atoms with Gasteiger partial charge in [0.1, 0.15) is 12.5 Å². The van der Waals surface area contributed by atoms with E-state index in [4.69, 9.17) is 0 Å². The van der Waals surface area contributed by atoms with Gasteiger partial charge in [-0.25, -0.2) is 0 Å². The molecule has 94 valence electrons. The van der Waals surface area contributed by atoms with E-state index in [1.54, 1.807) is 0 Å². The fraction of sp³-hybridized carbons (Fsp3) is 0.400. The summed E-state index contributed by atoms with van der Waals surface area (Å²) in [7, 11) is 0. The third-order valence-corrected chi connectivity index (χ3v) is 1.94. The standard InChI is InChI=1S/C10H15N3O4/c1-6(14)11-9-4-3-8(13(16)17)5-10(9)12-7(2)15/h3-7,11-12,14-15H,1-2H3. The maximum atomic E-state index is 10.6. The van der Waals surface area contributed by atoms with E-state index in [0.717, 1.165) is 0 Å². The summed E-state index contributed by atoms with van der Waals surface area (Å²) in [5.41, 5.74) is 0.742. The number of nitro benzene ring substituents is 1. The van der Waals surface area contributed by atoms with E-state index < -0.39 is 17.4 Å². The van der Waals surface area contributed by atoms with E-state index in [9.17, 15) is 20.3 Å². The maximum Gasteiger partial charge on any atom is 0.271 e. The zero-order chi connectivity index (χ0) is 13.0. The molecule has 0 saturated carbocycles. The highest BCUT2D eigenvalue weighted by molar-refractivity contribution is 5.72. The molecule has 1 aromatic carbocycles. The third-order valence-electron chi connectivity index (χ3n) is 1.94. The van der Waals surface area contributed by atoms with Gasteiger partial charge in [0.25, 0.3) is 5.69 Å². The molecule has 2 unspecified atom stereocenters. The van der Waals surface area contributed by atoms with E-state index in [1.807, 2.05) is 0 Å². The Hall–Kier alpha value is -1.86. The molecule has 0 aromatic heterocycles. The lowest BCUT2D eigenvalue weighted by Crippen LogP contribution is -2.18. The smallest absolute Gasteiger partial charge is 0.271 e. The van der Waals surface area contributed by atoms with Gasteiger partial charge >= 0.3 is 0 Å². The van der Waals surface area contributed by atoms with Crippen molar-refractivity contribution in [3.05, 3.63) is 28.3 Å². The molecule has 4 N–H and O–H groups in total. The molecule has 0 saturated heterocycles. The van der Waals surface area contributed by atoms with Gasteiger partial charge in [0.15, 0.2) is 0 Å². The number of nitrogens with zero attached hydrogens (tertiary/aromatic N) is 1. The summed E-state index contributed by atoms with van der Waals surface area (Å²) in [5, 5.41) is 34.4. The van der Waals surface area contributed by atoms with E-state index in [2.05, 4.69) is 10.6 Å². The van der Waals surface area contributed by atoms with Gasteiger partial charge in [0.05, 0.1) is 16.3 Å². The Labute approximate surface area is 98.2 Å². The van der Waals surface area contributed by atoms with Crippen LogP contribution in [0.5, 0.6) is 0 Å². The van der Waals surface area contributed by atoms with Crippen LogP contribution in [-0.2, 0) is 0 Å². The summed E-state index contributed by atoms with van der Waals surface area (Å²) >= 11 is 0. The second-order valence-electron chi connectivity index (χ2n) is 3.63. The molecule has 0 aliphatic rings. The molecule has 0 fully saturated rings. The molecule has 0 aliphatic heterocycles. The van der Waals surface area contributed by atoms with Crippen LogP contribution >= 0.6 is 0 Å². The molecule has 7 heteroatoms. The number of aliphatic hydroxyl groups is 2. The van der Waals surface area contributed by atoms with Crippen LogP contribution in [0, 0.1) is 10.1 Å². The van der Waals surface area contributed by atoms with Crippen molar-refractivity contribution in [1.29, 1.82) is 0 Å². The molecule has 1 aromatic rings. The van der Waals surface area contributed by atoms with E-state index in [1.165, 1.54) is 32.0 Å².